The van der Waals surface area contributed by atoms with Crippen LogP contribution in [0.2, 0.25) is 0 Å². The molecule has 6 aromatic carbocycles. The lowest BCUT2D eigenvalue weighted by molar-refractivity contribution is 0.521. The summed E-state index contributed by atoms with van der Waals surface area (Å²) >= 11 is 0. The third-order valence-corrected chi connectivity index (χ3v) is 14.2. The van der Waals surface area contributed by atoms with Gasteiger partial charge in [0.2, 0.25) is 0 Å². The fourth-order valence-electron chi connectivity index (χ4n) is 11.2. The number of nitrogens with zero attached hydrogens (tertiary/aromatic N) is 3. The second kappa shape index (κ2) is 14.7. The number of para-hydroxylation sites is 4. The zero-order valence-corrected chi connectivity index (χ0v) is 35.6. The van der Waals surface area contributed by atoms with Crippen molar-refractivity contribution in [3.05, 3.63) is 217 Å². The summed E-state index contributed by atoms with van der Waals surface area (Å²) in [6, 6.07) is 53.1. The van der Waals surface area contributed by atoms with Crippen molar-refractivity contribution in [2.75, 3.05) is 5.32 Å². The van der Waals surface area contributed by atoms with Crippen LogP contribution in [-0.2, 0) is 0 Å². The van der Waals surface area contributed by atoms with Gasteiger partial charge in [0.25, 0.3) is 0 Å². The van der Waals surface area contributed by atoms with Crippen molar-refractivity contribution in [2.24, 2.45) is 28.7 Å². The Bertz CT molecular complexity index is 3570. The van der Waals surface area contributed by atoms with Gasteiger partial charge in [0.1, 0.15) is 11.7 Å². The van der Waals surface area contributed by atoms with E-state index in [9.17, 15) is 0 Å². The van der Waals surface area contributed by atoms with Gasteiger partial charge in [-0.05, 0) is 84.0 Å². The topological polar surface area (TPSA) is 47.4 Å². The quantitative estimate of drug-likeness (QED) is 0.182. The van der Waals surface area contributed by atoms with Gasteiger partial charge in [-0.3, -0.25) is 4.99 Å². The molecule has 4 unspecified atom stereocenters. The molecule has 1 aliphatic heterocycles. The molecule has 0 spiro atoms. The Kier molecular flexibility index (Phi) is 8.52. The lowest BCUT2D eigenvalue weighted by Gasteiger charge is -2.38. The van der Waals surface area contributed by atoms with Gasteiger partial charge in [0.05, 0.1) is 39.2 Å². The van der Waals surface area contributed by atoms with Gasteiger partial charge >= 0.3 is 0 Å². The van der Waals surface area contributed by atoms with Gasteiger partial charge in [-0.1, -0.05) is 159 Å². The average molecular weight is 827 g/mol. The van der Waals surface area contributed by atoms with Crippen molar-refractivity contribution in [3.8, 4) is 5.69 Å². The van der Waals surface area contributed by atoms with Crippen LogP contribution in [0.4, 0.5) is 5.69 Å². The molecule has 9 aromatic rings. The molecular weight excluding hydrogens is 781 g/mol. The number of rotatable bonds is 6. The lowest BCUT2D eigenvalue weighted by atomic mass is 9.70. The summed E-state index contributed by atoms with van der Waals surface area (Å²) < 4.78 is 11.9. The van der Waals surface area contributed by atoms with Crippen LogP contribution in [0.3, 0.4) is 0 Å². The average Bonchev–Trinajstić information content (AvgIpc) is 4.01. The number of hydrogen-bond acceptors (Lipinski definition) is 3. The van der Waals surface area contributed by atoms with Crippen LogP contribution in [0.15, 0.2) is 215 Å². The van der Waals surface area contributed by atoms with E-state index in [1.54, 1.807) is 0 Å². The van der Waals surface area contributed by atoms with E-state index in [4.69, 9.17) is 9.41 Å². The molecule has 5 atom stereocenters. The first-order valence-corrected chi connectivity index (χ1v) is 22.8. The molecule has 4 heterocycles. The van der Waals surface area contributed by atoms with Crippen molar-refractivity contribution >= 4 is 77.3 Å². The largest absolute Gasteiger partial charge is 0.453 e. The molecule has 3 aliphatic carbocycles. The summed E-state index contributed by atoms with van der Waals surface area (Å²) in [5, 5.41) is 9.94. The number of nitrogens with one attached hydrogen (secondary N) is 1. The van der Waals surface area contributed by atoms with Crippen molar-refractivity contribution < 1.29 is 4.42 Å². The second-order valence-corrected chi connectivity index (χ2v) is 17.8. The van der Waals surface area contributed by atoms with E-state index < -0.39 is 0 Å². The van der Waals surface area contributed by atoms with Crippen LogP contribution >= 0.6 is 0 Å². The maximum absolute atomic E-state index is 6.88. The molecule has 64 heavy (non-hydrogen) atoms. The van der Waals surface area contributed by atoms with Gasteiger partial charge in [-0.2, -0.15) is 0 Å². The Morgan fingerprint density at radius 1 is 0.594 bits per heavy atom. The van der Waals surface area contributed by atoms with E-state index in [-0.39, 0.29) is 29.8 Å². The Labute approximate surface area is 372 Å². The first-order valence-electron chi connectivity index (χ1n) is 22.8. The first-order chi connectivity index (χ1) is 31.7. The van der Waals surface area contributed by atoms with E-state index in [1.165, 1.54) is 66.0 Å². The molecule has 5 nitrogen and oxygen atoms in total. The number of allylic oxidation sites excluding steroid dienone is 11. The molecule has 5 heteroatoms. The van der Waals surface area contributed by atoms with Crippen molar-refractivity contribution in [1.82, 2.24) is 9.13 Å². The zero-order chi connectivity index (χ0) is 42.3. The third-order valence-electron chi connectivity index (χ3n) is 14.2. The molecule has 1 N–H and O–H groups in total. The molecule has 0 saturated carbocycles. The fraction of sp³-hybridized carbons (Fsp3) is 0.136. The van der Waals surface area contributed by atoms with Crippen molar-refractivity contribution in [2.45, 2.75) is 25.9 Å². The summed E-state index contributed by atoms with van der Waals surface area (Å²) in [5.74, 6) is 1.18. The zero-order valence-electron chi connectivity index (χ0n) is 35.6. The number of aliphatic imine (C=N–C) groups is 1. The van der Waals surface area contributed by atoms with E-state index in [0.717, 1.165) is 46.7 Å². The van der Waals surface area contributed by atoms with Gasteiger partial charge in [0, 0.05) is 50.4 Å². The maximum atomic E-state index is 6.88. The van der Waals surface area contributed by atoms with Gasteiger partial charge in [-0.15, -0.1) is 0 Å². The molecule has 308 valence electrons. The van der Waals surface area contributed by atoms with E-state index in [2.05, 4.69) is 222 Å². The number of hydrogen-bond donors (Lipinski definition) is 1. The van der Waals surface area contributed by atoms with Gasteiger partial charge < -0.3 is 18.9 Å². The van der Waals surface area contributed by atoms with E-state index in [0.29, 0.717) is 0 Å². The lowest BCUT2D eigenvalue weighted by Crippen LogP contribution is -2.36. The number of furan rings is 1. The molecule has 0 fully saturated rings. The summed E-state index contributed by atoms with van der Waals surface area (Å²) in [7, 11) is 0. The summed E-state index contributed by atoms with van der Waals surface area (Å²) in [4.78, 5) is 5.72. The van der Waals surface area contributed by atoms with Gasteiger partial charge in [-0.25, -0.2) is 0 Å². The first kappa shape index (κ1) is 37.0. The molecule has 0 amide bonds. The van der Waals surface area contributed by atoms with Crippen LogP contribution in [0.25, 0.3) is 71.5 Å². The highest BCUT2D eigenvalue weighted by Gasteiger charge is 2.41. The fourth-order valence-corrected chi connectivity index (χ4v) is 11.2. The summed E-state index contributed by atoms with van der Waals surface area (Å²) in [6.07, 6.45) is 22.3. The SMILES string of the molecule is C[C@H]1C(c2ccccc2)=C(n2c3ccccc3c3cc4c(cc32)c2ccccc2n4-c2ccccc2)C(C2C=CC=CC2)=CC1C1=NC(C2C=CC=CC2)Nc2c1oc1ccccc21. The molecular formula is C59H46N4O. The van der Waals surface area contributed by atoms with Crippen LogP contribution < -0.4 is 5.32 Å². The van der Waals surface area contributed by atoms with E-state index >= 15 is 0 Å². The van der Waals surface area contributed by atoms with Crippen LogP contribution in [0.1, 0.15) is 31.1 Å². The highest BCUT2D eigenvalue weighted by atomic mass is 16.3. The molecule has 4 aliphatic rings. The predicted molar refractivity (Wildman–Crippen MR) is 267 cm³/mol. The highest BCUT2D eigenvalue weighted by Crippen LogP contribution is 2.51. The monoisotopic (exact) mass is 826 g/mol. The summed E-state index contributed by atoms with van der Waals surface area (Å²) in [5.41, 5.74) is 14.0. The summed E-state index contributed by atoms with van der Waals surface area (Å²) in [6.45, 7) is 2.42. The van der Waals surface area contributed by atoms with Crippen LogP contribution in [-0.4, -0.2) is 21.0 Å². The number of aromatic nitrogens is 2. The Balaban J connectivity index is 1.11. The highest BCUT2D eigenvalue weighted by molar-refractivity contribution is 6.21. The maximum Gasteiger partial charge on any atom is 0.173 e. The number of fused-ring (bicyclic) bond motifs is 9. The third kappa shape index (κ3) is 5.66. The molecule has 0 saturated heterocycles. The Morgan fingerprint density at radius 3 is 1.92 bits per heavy atom. The van der Waals surface area contributed by atoms with Crippen molar-refractivity contribution in [3.63, 3.8) is 0 Å². The standard InChI is InChI=1S/C59H46N4O/c1-37-45(56-58-55(44-30-16-19-33-53(44)64-58)60-59(61-56)40-24-10-4-11-25-40)34-46(38-20-6-2-7-21-38)57(54(37)39-22-8-3-9-23-39)63-50-32-18-15-29-43(50)48-35-51-47(36-52(48)63)42-28-14-17-31-49(42)62(51)41-26-12-5-13-27-41/h2-20,22-24,26-38,40,45,59-60H,21,25H2,1H3/t37-,38?,40?,45?,59?/m1/s1. The van der Waals surface area contributed by atoms with Gasteiger partial charge in [0.15, 0.2) is 5.76 Å². The minimum Gasteiger partial charge on any atom is -0.453 e. The molecule has 0 radical (unpaired) electrons. The Morgan fingerprint density at radius 2 is 1.22 bits per heavy atom. The second-order valence-electron chi connectivity index (χ2n) is 17.8. The van der Waals surface area contributed by atoms with Crippen molar-refractivity contribution in [1.29, 1.82) is 0 Å². The van der Waals surface area contributed by atoms with Crippen LogP contribution in [0, 0.1) is 23.7 Å². The van der Waals surface area contributed by atoms with E-state index in [1.807, 2.05) is 0 Å². The Hall–Kier alpha value is -7.63. The van der Waals surface area contributed by atoms with Crippen LogP contribution in [0.5, 0.6) is 0 Å². The molecule has 0 bridgehead atoms. The molecule has 3 aromatic heterocycles. The minimum atomic E-state index is -0.130. The predicted octanol–water partition coefficient (Wildman–Crippen LogP) is 14.7. The smallest absolute Gasteiger partial charge is 0.173 e. The normalized spacial score (nSPS) is 21.9. The number of benzene rings is 6. The number of anilines is 1. The molecule has 13 rings (SSSR count). The minimum absolute atomic E-state index is 0.0320.